The van der Waals surface area contributed by atoms with Crippen LogP contribution in [0.2, 0.25) is 5.15 Å². The van der Waals surface area contributed by atoms with E-state index in [2.05, 4.69) is 4.98 Å². The molecule has 0 aliphatic heterocycles. The number of ether oxygens (including phenoxy) is 1. The Balaban J connectivity index is 2.77. The lowest BCUT2D eigenvalue weighted by Crippen LogP contribution is -2.16. The molecular weight excluding hydrogens is 401 g/mol. The molecule has 142 valence electrons. The number of aromatic nitrogens is 1. The van der Waals surface area contributed by atoms with Gasteiger partial charge in [0.25, 0.3) is 0 Å². The summed E-state index contributed by atoms with van der Waals surface area (Å²) in [5, 5.41) is 0.419. The molecule has 0 fully saturated rings. The van der Waals surface area contributed by atoms with Gasteiger partial charge in [-0.1, -0.05) is 29.4 Å². The predicted molar refractivity (Wildman–Crippen MR) is 109 cm³/mol. The van der Waals surface area contributed by atoms with Crippen LogP contribution in [0.25, 0.3) is 0 Å². The second-order valence-electron chi connectivity index (χ2n) is 5.08. The molecule has 0 saturated heterocycles. The lowest BCUT2D eigenvalue weighted by Gasteiger charge is -2.23. The Bertz CT molecular complexity index is 564. The minimum Gasteiger partial charge on any atom is -0.479 e. The third kappa shape index (κ3) is 9.36. The van der Waals surface area contributed by atoms with Crippen molar-refractivity contribution in [3.8, 4) is 0 Å². The second kappa shape index (κ2) is 12.3. The molecule has 1 heterocycles. The van der Waals surface area contributed by atoms with E-state index in [1.54, 1.807) is 26.1 Å². The predicted octanol–water partition coefficient (Wildman–Crippen LogP) is 5.36. The summed E-state index contributed by atoms with van der Waals surface area (Å²) in [6, 6.07) is 3.69. The summed E-state index contributed by atoms with van der Waals surface area (Å²) in [7, 11) is -3.15. The molecule has 1 unspecified atom stereocenters. The van der Waals surface area contributed by atoms with Crippen molar-refractivity contribution in [2.75, 3.05) is 26.0 Å². The molecule has 1 atom stereocenters. The van der Waals surface area contributed by atoms with Crippen LogP contribution in [0, 0.1) is 0 Å². The Morgan fingerprint density at radius 1 is 1.28 bits per heavy atom. The van der Waals surface area contributed by atoms with E-state index in [-0.39, 0.29) is 11.4 Å². The van der Waals surface area contributed by atoms with E-state index in [4.69, 9.17) is 37.6 Å². The molecule has 0 aliphatic carbocycles. The summed E-state index contributed by atoms with van der Waals surface area (Å²) in [5.41, 5.74) is 1.06. The topological polar surface area (TPSA) is 57.7 Å². The van der Waals surface area contributed by atoms with E-state index in [1.807, 2.05) is 13.0 Å². The normalized spacial score (nSPS) is 12.8. The van der Waals surface area contributed by atoms with Crippen LogP contribution in [0.1, 0.15) is 32.8 Å². The van der Waals surface area contributed by atoms with E-state index in [0.717, 1.165) is 18.4 Å². The molecule has 1 aromatic rings. The maximum Gasteiger partial charge on any atom is 0.331 e. The summed E-state index contributed by atoms with van der Waals surface area (Å²) >= 11 is 12.5. The van der Waals surface area contributed by atoms with E-state index in [9.17, 15) is 4.57 Å². The van der Waals surface area contributed by atoms with Gasteiger partial charge in [-0.05, 0) is 57.5 Å². The second-order valence-corrected chi connectivity index (χ2v) is 9.47. The summed E-state index contributed by atoms with van der Waals surface area (Å²) in [6.45, 7) is 6.67. The largest absolute Gasteiger partial charge is 0.479 e. The van der Waals surface area contributed by atoms with Crippen LogP contribution in [0.15, 0.2) is 18.3 Å². The van der Waals surface area contributed by atoms with Crippen LogP contribution in [-0.4, -0.2) is 40.6 Å². The molecule has 0 saturated carbocycles. The fourth-order valence-corrected chi connectivity index (χ4v) is 6.07. The Labute approximate surface area is 164 Å². The van der Waals surface area contributed by atoms with E-state index in [0.29, 0.717) is 29.4 Å². The van der Waals surface area contributed by atoms with Crippen LogP contribution in [0.3, 0.4) is 0 Å². The molecule has 25 heavy (non-hydrogen) atoms. The van der Waals surface area contributed by atoms with Gasteiger partial charge in [-0.15, -0.1) is 0 Å². The molecule has 0 aromatic carbocycles. The van der Waals surface area contributed by atoms with E-state index >= 15 is 0 Å². The molecule has 1 rings (SSSR count). The molecule has 0 bridgehead atoms. The Hall–Kier alpha value is -0.170. The van der Waals surface area contributed by atoms with Crippen molar-refractivity contribution in [1.82, 2.24) is 4.98 Å². The van der Waals surface area contributed by atoms with Gasteiger partial charge in [0.2, 0.25) is 4.38 Å². The van der Waals surface area contributed by atoms with Gasteiger partial charge in [-0.3, -0.25) is 4.57 Å². The highest BCUT2D eigenvalue weighted by molar-refractivity contribution is 8.23. The molecule has 0 N–H and O–H groups in total. The Morgan fingerprint density at radius 3 is 2.48 bits per heavy atom. The zero-order valence-corrected chi connectivity index (χ0v) is 18.1. The number of thiocarbonyl (C=S) groups is 1. The van der Waals surface area contributed by atoms with Crippen LogP contribution in [0.4, 0.5) is 0 Å². The first kappa shape index (κ1) is 22.9. The Morgan fingerprint density at radius 2 is 1.96 bits per heavy atom. The highest BCUT2D eigenvalue weighted by atomic mass is 35.5. The van der Waals surface area contributed by atoms with Crippen LogP contribution in [-0.2, 0) is 24.8 Å². The molecule has 0 spiro atoms. The van der Waals surface area contributed by atoms with Crippen molar-refractivity contribution < 1.29 is 18.3 Å². The van der Waals surface area contributed by atoms with Crippen molar-refractivity contribution in [2.45, 2.75) is 38.9 Å². The van der Waals surface area contributed by atoms with Crippen LogP contribution < -0.4 is 0 Å². The summed E-state index contributed by atoms with van der Waals surface area (Å²) in [5.74, 6) is 0. The Kier molecular flexibility index (Phi) is 11.2. The summed E-state index contributed by atoms with van der Waals surface area (Å²) < 4.78 is 29.5. The SMILES string of the molecule is CCOC(=S)SC(CCc1ccc(Cl)nc1)CP(=O)(OCC)OCC. The van der Waals surface area contributed by atoms with Crippen molar-refractivity contribution in [1.29, 1.82) is 0 Å². The van der Waals surface area contributed by atoms with Crippen molar-refractivity contribution in [3.63, 3.8) is 0 Å². The number of pyridine rings is 1. The molecule has 0 aliphatic rings. The number of hydrogen-bond acceptors (Lipinski definition) is 7. The van der Waals surface area contributed by atoms with Gasteiger partial charge in [0.05, 0.1) is 26.0 Å². The van der Waals surface area contributed by atoms with Gasteiger partial charge in [-0.25, -0.2) is 4.98 Å². The van der Waals surface area contributed by atoms with Crippen LogP contribution >= 0.6 is 43.2 Å². The van der Waals surface area contributed by atoms with Gasteiger partial charge in [0, 0.05) is 11.4 Å². The third-order valence-electron chi connectivity index (χ3n) is 3.15. The first-order valence-corrected chi connectivity index (χ1v) is 11.6. The molecule has 1 aromatic heterocycles. The molecule has 9 heteroatoms. The van der Waals surface area contributed by atoms with Gasteiger partial charge in [0.1, 0.15) is 5.15 Å². The summed E-state index contributed by atoms with van der Waals surface area (Å²) in [4.78, 5) is 4.08. The lowest BCUT2D eigenvalue weighted by atomic mass is 10.1. The highest BCUT2D eigenvalue weighted by Crippen LogP contribution is 2.50. The zero-order chi connectivity index (χ0) is 18.7. The number of thioether (sulfide) groups is 1. The van der Waals surface area contributed by atoms with Gasteiger partial charge >= 0.3 is 7.60 Å². The number of hydrogen-bond donors (Lipinski definition) is 0. The van der Waals surface area contributed by atoms with Crippen molar-refractivity contribution in [3.05, 3.63) is 29.0 Å². The van der Waals surface area contributed by atoms with Gasteiger partial charge in [-0.2, -0.15) is 0 Å². The van der Waals surface area contributed by atoms with Gasteiger partial charge in [0.15, 0.2) is 0 Å². The molecule has 0 amide bonds. The minimum atomic E-state index is -3.15. The highest BCUT2D eigenvalue weighted by Gasteiger charge is 2.29. The number of halogens is 1. The zero-order valence-electron chi connectivity index (χ0n) is 14.8. The maximum absolute atomic E-state index is 12.8. The maximum atomic E-state index is 12.8. The van der Waals surface area contributed by atoms with Crippen molar-refractivity contribution in [2.24, 2.45) is 0 Å². The third-order valence-corrected chi connectivity index (χ3v) is 7.26. The standard InChI is InChI=1S/C16H25ClNO4PS2/c1-4-20-16(24)25-14(12-23(19,21-5-2)22-6-3)9-7-13-8-10-15(17)18-11-13/h8,10-11,14H,4-7,9,12H2,1-3H3. The van der Waals surface area contributed by atoms with Crippen molar-refractivity contribution >= 4 is 47.6 Å². The average Bonchev–Trinajstić information content (AvgIpc) is 2.54. The molecule has 5 nitrogen and oxygen atoms in total. The number of rotatable bonds is 11. The monoisotopic (exact) mass is 425 g/mol. The van der Waals surface area contributed by atoms with E-state index in [1.165, 1.54) is 11.8 Å². The number of aryl methyl sites for hydroxylation is 1. The fraction of sp³-hybridized carbons (Fsp3) is 0.625. The van der Waals surface area contributed by atoms with Crippen LogP contribution in [0.5, 0.6) is 0 Å². The quantitative estimate of drug-likeness (QED) is 0.269. The lowest BCUT2D eigenvalue weighted by molar-refractivity contribution is 0.220. The average molecular weight is 426 g/mol. The van der Waals surface area contributed by atoms with E-state index < -0.39 is 7.60 Å². The number of nitrogens with zero attached hydrogens (tertiary/aromatic N) is 1. The molecule has 0 radical (unpaired) electrons. The first-order chi connectivity index (χ1) is 11.9. The van der Waals surface area contributed by atoms with Gasteiger partial charge < -0.3 is 13.8 Å². The fourth-order valence-electron chi connectivity index (χ4n) is 2.14. The first-order valence-electron chi connectivity index (χ1n) is 8.24. The smallest absolute Gasteiger partial charge is 0.331 e. The molecular formula is C16H25ClNO4PS2. The summed E-state index contributed by atoms with van der Waals surface area (Å²) in [6.07, 6.45) is 3.53. The minimum absolute atomic E-state index is 0.0429.